The molecule has 9 heteroatoms. The van der Waals surface area contributed by atoms with Crippen LogP contribution in [0.15, 0.2) is 48.8 Å². The number of benzene rings is 2. The minimum absolute atomic E-state index is 0.0397. The van der Waals surface area contributed by atoms with Crippen LogP contribution in [0, 0.1) is 0 Å². The number of carbonyl (C=O) groups is 1. The standard InChI is InChI=1S/C21H16ClF2IN2O3/c1-25-21(23,24)20(30)15-5-3-2-4-14(15)19-16(20)8-12(9-17(19)22)13-10-26-27(11-13)7-6-18(28)29/h2-5,8-11,30H,1,6-7H2,(H,28,29). The first kappa shape index (κ1) is 21.1. The number of aromatic nitrogens is 2. The van der Waals surface area contributed by atoms with Crippen LogP contribution in [0.3, 0.4) is 0 Å². The van der Waals surface area contributed by atoms with Crippen molar-refractivity contribution in [1.82, 2.24) is 9.78 Å². The van der Waals surface area contributed by atoms with Gasteiger partial charge in [-0.1, -0.05) is 40.4 Å². The molecule has 1 aromatic heterocycles. The van der Waals surface area contributed by atoms with E-state index in [2.05, 4.69) is 9.61 Å². The van der Waals surface area contributed by atoms with E-state index in [0.717, 1.165) is 0 Å². The van der Waals surface area contributed by atoms with E-state index in [4.69, 9.17) is 16.7 Å². The van der Waals surface area contributed by atoms with Gasteiger partial charge in [-0.25, -0.2) is 0 Å². The molecule has 156 valence electrons. The van der Waals surface area contributed by atoms with E-state index in [9.17, 15) is 9.90 Å². The molecule has 1 aliphatic rings. The van der Waals surface area contributed by atoms with Crippen LogP contribution in [0.5, 0.6) is 0 Å². The lowest BCUT2D eigenvalue weighted by Gasteiger charge is -2.32. The molecule has 0 amide bonds. The zero-order chi connectivity index (χ0) is 21.7. The fourth-order valence-corrected chi connectivity index (χ4v) is 5.20. The van der Waals surface area contributed by atoms with Crippen molar-refractivity contribution in [2.24, 2.45) is 0 Å². The Kier molecular flexibility index (Phi) is 5.27. The van der Waals surface area contributed by atoms with Gasteiger partial charge in [0.25, 0.3) is 0 Å². The van der Waals surface area contributed by atoms with Crippen LogP contribution in [-0.4, -0.2) is 34.4 Å². The molecule has 0 radical (unpaired) electrons. The van der Waals surface area contributed by atoms with Crippen molar-refractivity contribution in [2.75, 3.05) is 0 Å². The highest BCUT2D eigenvalue weighted by Gasteiger charge is 2.59. The second-order valence-corrected chi connectivity index (χ2v) is 9.43. The van der Waals surface area contributed by atoms with Crippen molar-refractivity contribution in [3.05, 3.63) is 64.9 Å². The third kappa shape index (κ3) is 3.17. The highest BCUT2D eigenvalue weighted by Crippen LogP contribution is 2.59. The molecule has 30 heavy (non-hydrogen) atoms. The minimum atomic E-state index is -3.42. The Hall–Kier alpha value is -2.17. The Morgan fingerprint density at radius 2 is 2.00 bits per heavy atom. The van der Waals surface area contributed by atoms with Crippen molar-refractivity contribution < 1.29 is 23.8 Å². The number of carboxylic acids is 1. The summed E-state index contributed by atoms with van der Waals surface area (Å²) < 4.78 is 31.6. The predicted octanol–water partition coefficient (Wildman–Crippen LogP) is 4.89. The first-order chi connectivity index (χ1) is 14.2. The second kappa shape index (κ2) is 7.51. The molecular formula is C21H16ClF2IN2O3. The van der Waals surface area contributed by atoms with Crippen LogP contribution < -0.4 is 0 Å². The van der Waals surface area contributed by atoms with Gasteiger partial charge in [0.2, 0.25) is 0 Å². The molecule has 1 aliphatic carbocycles. The number of halogens is 4. The van der Waals surface area contributed by atoms with Gasteiger partial charge >= 0.3 is 9.90 Å². The molecule has 0 saturated heterocycles. The average molecular weight is 545 g/mol. The molecule has 3 aromatic rings. The fourth-order valence-electron chi connectivity index (χ4n) is 3.74. The Balaban J connectivity index is 1.88. The summed E-state index contributed by atoms with van der Waals surface area (Å²) in [6, 6.07) is 9.62. The molecular weight excluding hydrogens is 529 g/mol. The quantitative estimate of drug-likeness (QED) is 0.342. The number of aliphatic carboxylic acids is 1. The third-order valence-corrected chi connectivity index (χ3v) is 7.20. The summed E-state index contributed by atoms with van der Waals surface area (Å²) in [6.07, 6.45) is 3.03. The predicted molar refractivity (Wildman–Crippen MR) is 119 cm³/mol. The molecule has 2 aromatic carbocycles. The highest BCUT2D eigenvalue weighted by molar-refractivity contribution is 14.2. The van der Waals surface area contributed by atoms with E-state index < -0.39 is 36.2 Å². The van der Waals surface area contributed by atoms with Crippen molar-refractivity contribution in [1.29, 1.82) is 0 Å². The first-order valence-corrected chi connectivity index (χ1v) is 11.9. The van der Waals surface area contributed by atoms with E-state index in [1.807, 2.05) is 0 Å². The zero-order valence-corrected chi connectivity index (χ0v) is 18.4. The summed E-state index contributed by atoms with van der Waals surface area (Å²) in [4.78, 5) is 10.8. The molecule has 1 unspecified atom stereocenters. The number of aryl methyl sites for hydroxylation is 1. The number of carboxylic acid groups (broad SMARTS) is 1. The van der Waals surface area contributed by atoms with E-state index in [0.29, 0.717) is 22.3 Å². The van der Waals surface area contributed by atoms with Gasteiger partial charge in [-0.2, -0.15) is 13.9 Å². The highest BCUT2D eigenvalue weighted by atomic mass is 127. The van der Waals surface area contributed by atoms with Gasteiger partial charge in [0.1, 0.15) is 0 Å². The van der Waals surface area contributed by atoms with Gasteiger partial charge in [0.05, 0.1) is 19.2 Å². The van der Waals surface area contributed by atoms with E-state index in [-0.39, 0.29) is 29.1 Å². The molecule has 0 fully saturated rings. The summed E-state index contributed by atoms with van der Waals surface area (Å²) in [7, 11) is 0. The lowest BCUT2D eigenvalue weighted by atomic mass is 9.90. The van der Waals surface area contributed by atoms with Gasteiger partial charge in [-0.3, -0.25) is 9.48 Å². The van der Waals surface area contributed by atoms with Crippen LogP contribution in [0.25, 0.3) is 22.3 Å². The number of hydrogen-bond donors (Lipinski definition) is 2. The Labute approximate surface area is 185 Å². The molecule has 2 N–H and O–H groups in total. The zero-order valence-electron chi connectivity index (χ0n) is 15.4. The van der Waals surface area contributed by atoms with Gasteiger partial charge in [0.15, 0.2) is 5.60 Å². The summed E-state index contributed by atoms with van der Waals surface area (Å²) >= 11 is 4.63. The van der Waals surface area contributed by atoms with Gasteiger partial charge < -0.3 is 10.2 Å². The molecule has 4 rings (SSSR count). The molecule has 0 spiro atoms. The minimum Gasteiger partial charge on any atom is -0.481 e. The largest absolute Gasteiger partial charge is 0.481 e. The van der Waals surface area contributed by atoms with Crippen LogP contribution in [0.1, 0.15) is 17.5 Å². The fraction of sp³-hybridized carbons (Fsp3) is 0.190. The molecule has 0 bridgehead atoms. The maximum atomic E-state index is 15.1. The number of nitrogens with zero attached hydrogens (tertiary/aromatic N) is 2. The maximum absolute atomic E-state index is 15.1. The SMILES string of the molecule is C=IC(F)(F)C1(O)c2ccccc2-c2c(Cl)cc(-c3cnn(CCC(=O)O)c3)cc21. The maximum Gasteiger partial charge on any atom is 0.327 e. The number of aliphatic hydroxyl groups is 1. The molecule has 5 nitrogen and oxygen atoms in total. The van der Waals surface area contributed by atoms with Crippen molar-refractivity contribution in [3.63, 3.8) is 0 Å². The number of alkyl halides is 3. The van der Waals surface area contributed by atoms with Crippen LogP contribution >= 0.6 is 32.3 Å². The van der Waals surface area contributed by atoms with Crippen LogP contribution in [0.4, 0.5) is 8.78 Å². The monoisotopic (exact) mass is 544 g/mol. The van der Waals surface area contributed by atoms with E-state index in [1.165, 1.54) is 23.0 Å². The summed E-state index contributed by atoms with van der Waals surface area (Å²) in [5.41, 5.74) is -0.426. The van der Waals surface area contributed by atoms with Crippen LogP contribution in [0.2, 0.25) is 5.02 Å². The van der Waals surface area contributed by atoms with E-state index in [1.54, 1.807) is 30.5 Å². The number of fused-ring (bicyclic) bond motifs is 3. The smallest absolute Gasteiger partial charge is 0.327 e. The van der Waals surface area contributed by atoms with Gasteiger partial charge in [-0.15, -0.1) is 0 Å². The average Bonchev–Trinajstić information content (AvgIpc) is 3.29. The summed E-state index contributed by atoms with van der Waals surface area (Å²) in [5.74, 6) is -0.950. The van der Waals surface area contributed by atoms with Crippen molar-refractivity contribution >= 4 is 42.8 Å². The molecule has 0 aliphatic heterocycles. The Morgan fingerprint density at radius 3 is 2.70 bits per heavy atom. The van der Waals surface area contributed by atoms with E-state index >= 15 is 8.78 Å². The topological polar surface area (TPSA) is 75.4 Å². The number of hydrogen-bond acceptors (Lipinski definition) is 3. The van der Waals surface area contributed by atoms with Crippen molar-refractivity contribution in [2.45, 2.75) is 22.5 Å². The Morgan fingerprint density at radius 1 is 1.27 bits per heavy atom. The lowest BCUT2D eigenvalue weighted by Crippen LogP contribution is -2.41. The Bertz CT molecular complexity index is 1180. The number of rotatable bonds is 6. The molecule has 0 saturated carbocycles. The van der Waals surface area contributed by atoms with Crippen LogP contribution in [-0.2, 0) is 16.9 Å². The third-order valence-electron chi connectivity index (χ3n) is 5.17. The molecule has 1 heterocycles. The summed E-state index contributed by atoms with van der Waals surface area (Å²) in [5, 5.41) is 24.5. The second-order valence-electron chi connectivity index (χ2n) is 6.90. The summed E-state index contributed by atoms with van der Waals surface area (Å²) in [6.45, 7) is 0.174. The van der Waals surface area contributed by atoms with Gasteiger partial charge in [-0.05, 0) is 44.0 Å². The lowest BCUT2D eigenvalue weighted by molar-refractivity contribution is -0.137. The first-order valence-electron chi connectivity index (χ1n) is 8.87. The normalized spacial score (nSPS) is 17.6. The molecule has 1 atom stereocenters. The van der Waals surface area contributed by atoms with Gasteiger partial charge in [0, 0.05) is 33.5 Å². The van der Waals surface area contributed by atoms with Crippen molar-refractivity contribution in [3.8, 4) is 22.3 Å².